The molecule has 2 amide bonds. The Morgan fingerprint density at radius 3 is 2.61 bits per heavy atom. The lowest BCUT2D eigenvalue weighted by atomic mass is 10.2. The van der Waals surface area contributed by atoms with E-state index in [-0.39, 0.29) is 0 Å². The third kappa shape index (κ3) is 4.56. The maximum absolute atomic E-state index is 12.5. The molecule has 3 aromatic rings. The zero-order valence-corrected chi connectivity index (χ0v) is 16.0. The van der Waals surface area contributed by atoms with Crippen molar-refractivity contribution in [2.24, 2.45) is 0 Å². The minimum Gasteiger partial charge on any atom is -0.494 e. The molecule has 9 nitrogen and oxygen atoms in total. The number of benzene rings is 2. The molecule has 1 heterocycles. The van der Waals surface area contributed by atoms with Crippen LogP contribution >= 0.6 is 0 Å². The lowest BCUT2D eigenvalue weighted by Crippen LogP contribution is -2.20. The molecule has 0 radical (unpaired) electrons. The Morgan fingerprint density at radius 1 is 1.07 bits per heavy atom. The number of tetrazole rings is 1. The van der Waals surface area contributed by atoms with Gasteiger partial charge in [-0.25, -0.2) is 9.48 Å². The van der Waals surface area contributed by atoms with Crippen LogP contribution < -0.4 is 20.1 Å². The predicted octanol–water partition coefficient (Wildman–Crippen LogP) is 3.41. The third-order valence-electron chi connectivity index (χ3n) is 3.87. The lowest BCUT2D eigenvalue weighted by Gasteiger charge is -2.14. The van der Waals surface area contributed by atoms with Gasteiger partial charge in [-0.3, -0.25) is 0 Å². The molecular formula is C19H22N6O3. The van der Waals surface area contributed by atoms with Crippen LogP contribution in [0.25, 0.3) is 5.69 Å². The number of aryl methyl sites for hydroxylation is 1. The molecule has 2 aromatic carbocycles. The van der Waals surface area contributed by atoms with Gasteiger partial charge in [0.1, 0.15) is 17.8 Å². The van der Waals surface area contributed by atoms with Gasteiger partial charge < -0.3 is 20.1 Å². The van der Waals surface area contributed by atoms with Crippen molar-refractivity contribution in [2.45, 2.75) is 20.8 Å². The van der Waals surface area contributed by atoms with Crippen LogP contribution in [0.3, 0.4) is 0 Å². The Balaban J connectivity index is 1.75. The molecule has 1 aromatic heterocycles. The first-order chi connectivity index (χ1) is 13.6. The monoisotopic (exact) mass is 382 g/mol. The molecule has 0 aliphatic heterocycles. The highest BCUT2D eigenvalue weighted by Gasteiger charge is 2.11. The van der Waals surface area contributed by atoms with E-state index < -0.39 is 6.03 Å². The van der Waals surface area contributed by atoms with E-state index in [1.807, 2.05) is 32.9 Å². The molecule has 0 saturated carbocycles. The van der Waals surface area contributed by atoms with Crippen LogP contribution in [0.15, 0.2) is 42.7 Å². The van der Waals surface area contributed by atoms with Crippen LogP contribution in [-0.2, 0) is 0 Å². The third-order valence-corrected chi connectivity index (χ3v) is 3.87. The zero-order valence-electron chi connectivity index (χ0n) is 16.0. The van der Waals surface area contributed by atoms with Gasteiger partial charge in [-0.05, 0) is 61.0 Å². The fraction of sp³-hybridized carbons (Fsp3) is 0.263. The van der Waals surface area contributed by atoms with E-state index in [9.17, 15) is 4.79 Å². The molecule has 0 aliphatic rings. The Hall–Kier alpha value is -3.62. The molecule has 0 aliphatic carbocycles. The molecule has 0 spiro atoms. The summed E-state index contributed by atoms with van der Waals surface area (Å²) in [5, 5.41) is 16.8. The van der Waals surface area contributed by atoms with E-state index in [0.717, 1.165) is 11.3 Å². The topological polar surface area (TPSA) is 103 Å². The van der Waals surface area contributed by atoms with Crippen molar-refractivity contribution < 1.29 is 14.3 Å². The summed E-state index contributed by atoms with van der Waals surface area (Å²) in [4.78, 5) is 12.5. The number of aromatic nitrogens is 4. The summed E-state index contributed by atoms with van der Waals surface area (Å²) in [6, 6.07) is 10.4. The lowest BCUT2D eigenvalue weighted by molar-refractivity contribution is 0.262. The van der Waals surface area contributed by atoms with Crippen molar-refractivity contribution in [1.82, 2.24) is 20.2 Å². The number of carbonyl (C=O) groups excluding carboxylic acids is 1. The Labute approximate surface area is 162 Å². The average molecular weight is 382 g/mol. The fourth-order valence-corrected chi connectivity index (χ4v) is 2.63. The molecule has 0 bridgehead atoms. The van der Waals surface area contributed by atoms with Gasteiger partial charge in [0.2, 0.25) is 0 Å². The maximum Gasteiger partial charge on any atom is 0.323 e. The van der Waals surface area contributed by atoms with Crippen LogP contribution in [0.2, 0.25) is 0 Å². The van der Waals surface area contributed by atoms with Gasteiger partial charge in [0.15, 0.2) is 0 Å². The van der Waals surface area contributed by atoms with Crippen LogP contribution in [0.1, 0.15) is 19.4 Å². The van der Waals surface area contributed by atoms with E-state index in [0.29, 0.717) is 36.1 Å². The molecule has 146 valence electrons. The summed E-state index contributed by atoms with van der Waals surface area (Å²) in [7, 11) is 0. The number of urea groups is 1. The molecule has 0 fully saturated rings. The minimum absolute atomic E-state index is 0.392. The van der Waals surface area contributed by atoms with Gasteiger partial charge in [0, 0.05) is 11.8 Å². The van der Waals surface area contributed by atoms with Crippen LogP contribution in [0, 0.1) is 6.92 Å². The first kappa shape index (κ1) is 19.2. The molecule has 9 heteroatoms. The van der Waals surface area contributed by atoms with Gasteiger partial charge in [-0.2, -0.15) is 0 Å². The van der Waals surface area contributed by atoms with Gasteiger partial charge in [0.05, 0.1) is 24.6 Å². The number of anilines is 2. The second kappa shape index (κ2) is 8.85. The first-order valence-electron chi connectivity index (χ1n) is 8.92. The summed E-state index contributed by atoms with van der Waals surface area (Å²) in [6.07, 6.45) is 1.50. The molecule has 28 heavy (non-hydrogen) atoms. The predicted molar refractivity (Wildman–Crippen MR) is 105 cm³/mol. The van der Waals surface area contributed by atoms with E-state index in [1.165, 1.54) is 11.0 Å². The van der Waals surface area contributed by atoms with Crippen LogP contribution in [-0.4, -0.2) is 39.5 Å². The van der Waals surface area contributed by atoms with E-state index in [2.05, 4.69) is 26.2 Å². The van der Waals surface area contributed by atoms with Crippen molar-refractivity contribution in [3.63, 3.8) is 0 Å². The van der Waals surface area contributed by atoms with E-state index >= 15 is 0 Å². The zero-order chi connectivity index (χ0) is 19.9. The first-order valence-corrected chi connectivity index (χ1v) is 8.92. The fourth-order valence-electron chi connectivity index (χ4n) is 2.63. The number of rotatable bonds is 7. The second-order valence-electron chi connectivity index (χ2n) is 5.86. The highest BCUT2D eigenvalue weighted by Crippen LogP contribution is 2.30. The summed E-state index contributed by atoms with van der Waals surface area (Å²) in [6.45, 7) is 6.75. The van der Waals surface area contributed by atoms with Crippen molar-refractivity contribution in [3.8, 4) is 17.2 Å². The van der Waals surface area contributed by atoms with Gasteiger partial charge in [-0.15, -0.1) is 5.10 Å². The Kier molecular flexibility index (Phi) is 6.05. The number of nitrogens with zero attached hydrogens (tertiary/aromatic N) is 4. The number of amides is 2. The SMILES string of the molecule is CCOc1ccc(NC(=O)Nc2ccc(C)c(-n3cnnn3)c2)c(OCC)c1. The van der Waals surface area contributed by atoms with Crippen LogP contribution in [0.5, 0.6) is 11.5 Å². The van der Waals surface area contributed by atoms with E-state index in [1.54, 1.807) is 24.3 Å². The molecule has 0 unspecified atom stereocenters. The molecular weight excluding hydrogens is 360 g/mol. The highest BCUT2D eigenvalue weighted by atomic mass is 16.5. The molecule has 0 atom stereocenters. The van der Waals surface area contributed by atoms with Gasteiger partial charge >= 0.3 is 6.03 Å². The highest BCUT2D eigenvalue weighted by molar-refractivity contribution is 6.00. The summed E-state index contributed by atoms with van der Waals surface area (Å²) in [5.41, 5.74) is 2.91. The number of carbonyl (C=O) groups is 1. The van der Waals surface area contributed by atoms with Gasteiger partial charge in [0.25, 0.3) is 0 Å². The summed E-state index contributed by atoms with van der Waals surface area (Å²) >= 11 is 0. The quantitative estimate of drug-likeness (QED) is 0.649. The number of ether oxygens (including phenoxy) is 2. The van der Waals surface area contributed by atoms with Crippen molar-refractivity contribution in [1.29, 1.82) is 0 Å². The van der Waals surface area contributed by atoms with Crippen molar-refractivity contribution in [2.75, 3.05) is 23.8 Å². The van der Waals surface area contributed by atoms with Crippen molar-refractivity contribution in [3.05, 3.63) is 48.3 Å². The number of hydrogen-bond donors (Lipinski definition) is 2. The second-order valence-corrected chi connectivity index (χ2v) is 5.86. The van der Waals surface area contributed by atoms with Crippen molar-refractivity contribution >= 4 is 17.4 Å². The van der Waals surface area contributed by atoms with Gasteiger partial charge in [-0.1, -0.05) is 6.07 Å². The number of nitrogens with one attached hydrogen (secondary N) is 2. The molecule has 3 rings (SSSR count). The standard InChI is InChI=1S/C19H22N6O3/c1-4-27-15-8-9-16(18(11-15)28-5-2)22-19(26)21-14-7-6-13(3)17(10-14)25-12-20-23-24-25/h6-12H,4-5H2,1-3H3,(H2,21,22,26). The summed E-state index contributed by atoms with van der Waals surface area (Å²) in [5.74, 6) is 1.23. The Bertz CT molecular complexity index is 943. The largest absolute Gasteiger partial charge is 0.494 e. The number of hydrogen-bond acceptors (Lipinski definition) is 6. The molecule has 2 N–H and O–H groups in total. The smallest absolute Gasteiger partial charge is 0.323 e. The summed E-state index contributed by atoms with van der Waals surface area (Å²) < 4.78 is 12.6. The molecule has 0 saturated heterocycles. The van der Waals surface area contributed by atoms with Crippen LogP contribution in [0.4, 0.5) is 16.2 Å². The minimum atomic E-state index is -0.392. The normalized spacial score (nSPS) is 10.4. The average Bonchev–Trinajstić information content (AvgIpc) is 3.20. The maximum atomic E-state index is 12.5. The Morgan fingerprint density at radius 2 is 1.89 bits per heavy atom. The van der Waals surface area contributed by atoms with E-state index in [4.69, 9.17) is 9.47 Å².